The van der Waals surface area contributed by atoms with Gasteiger partial charge in [0.2, 0.25) is 0 Å². The number of benzene rings is 2. The van der Waals surface area contributed by atoms with Crippen molar-refractivity contribution in [3.05, 3.63) is 70.8 Å². The Bertz CT molecular complexity index is 930. The zero-order valence-electron chi connectivity index (χ0n) is 17.3. The first kappa shape index (κ1) is 22.7. The molecule has 0 saturated carbocycles. The maximum Gasteiger partial charge on any atom is 0.416 e. The summed E-state index contributed by atoms with van der Waals surface area (Å²) in [7, 11) is 0. The van der Waals surface area contributed by atoms with Crippen LogP contribution in [-0.4, -0.2) is 36.5 Å². The number of carbonyl (C=O) groups excluding carboxylic acids is 2. The number of likely N-dealkylation sites (tertiary alicyclic amines) is 1. The summed E-state index contributed by atoms with van der Waals surface area (Å²) >= 11 is 0. The van der Waals surface area contributed by atoms with Gasteiger partial charge in [-0.3, -0.25) is 4.79 Å². The van der Waals surface area contributed by atoms with Gasteiger partial charge in [0.05, 0.1) is 5.56 Å². The second-order valence-electron chi connectivity index (χ2n) is 7.58. The average Bonchev–Trinajstić information content (AvgIpc) is 2.77. The van der Waals surface area contributed by atoms with E-state index >= 15 is 0 Å². The summed E-state index contributed by atoms with van der Waals surface area (Å²) in [5.74, 6) is -0.328. The number of urea groups is 1. The molecule has 3 amide bonds. The Labute approximate surface area is 179 Å². The van der Waals surface area contributed by atoms with Crippen LogP contribution in [0, 0.1) is 0 Å². The van der Waals surface area contributed by atoms with E-state index in [0.717, 1.165) is 24.5 Å². The predicted molar refractivity (Wildman–Crippen MR) is 112 cm³/mol. The molecule has 0 radical (unpaired) electrons. The number of hydrogen-bond acceptors (Lipinski definition) is 2. The fourth-order valence-corrected chi connectivity index (χ4v) is 3.86. The molecule has 1 aliphatic heterocycles. The highest BCUT2D eigenvalue weighted by molar-refractivity contribution is 5.94. The molecule has 1 fully saturated rings. The molecule has 2 N–H and O–H groups in total. The molecule has 3 rings (SSSR count). The number of amides is 3. The zero-order valence-corrected chi connectivity index (χ0v) is 17.3. The standard InChI is InChI=1S/C23H26F3N3O2/c1-2-27-22(31)29-12-6-10-19(15-29)16-8-5-9-17(13-16)21(30)28-14-18-7-3-4-11-20(18)23(24,25)26/h3-5,7-9,11,13,19H,2,6,10,12,14-15H2,1H3,(H,27,31)(H,28,30)/t19-/m1/s1. The van der Waals surface area contributed by atoms with Gasteiger partial charge in [0, 0.05) is 37.7 Å². The Hall–Kier alpha value is -3.03. The van der Waals surface area contributed by atoms with Crippen LogP contribution in [0.1, 0.15) is 52.7 Å². The number of nitrogens with zero attached hydrogens (tertiary/aromatic N) is 1. The van der Waals surface area contributed by atoms with Crippen molar-refractivity contribution in [3.63, 3.8) is 0 Å². The van der Waals surface area contributed by atoms with E-state index in [-0.39, 0.29) is 24.1 Å². The van der Waals surface area contributed by atoms with Gasteiger partial charge in [-0.1, -0.05) is 30.3 Å². The van der Waals surface area contributed by atoms with E-state index in [9.17, 15) is 22.8 Å². The molecule has 0 aromatic heterocycles. The third-order valence-corrected chi connectivity index (χ3v) is 5.42. The number of hydrogen-bond donors (Lipinski definition) is 2. The molecule has 166 valence electrons. The molecule has 0 bridgehead atoms. The minimum Gasteiger partial charge on any atom is -0.348 e. The van der Waals surface area contributed by atoms with Gasteiger partial charge >= 0.3 is 12.2 Å². The van der Waals surface area contributed by atoms with Gasteiger partial charge in [0.15, 0.2) is 0 Å². The van der Waals surface area contributed by atoms with Gasteiger partial charge in [-0.05, 0) is 49.1 Å². The van der Waals surface area contributed by atoms with Crippen molar-refractivity contribution in [3.8, 4) is 0 Å². The van der Waals surface area contributed by atoms with Crippen LogP contribution in [0.4, 0.5) is 18.0 Å². The van der Waals surface area contributed by atoms with Crippen LogP contribution in [0.3, 0.4) is 0 Å². The number of rotatable bonds is 5. The van der Waals surface area contributed by atoms with E-state index in [1.165, 1.54) is 18.2 Å². The third-order valence-electron chi connectivity index (χ3n) is 5.42. The minimum absolute atomic E-state index is 0.0179. The number of nitrogens with one attached hydrogen (secondary N) is 2. The lowest BCUT2D eigenvalue weighted by Crippen LogP contribution is -2.44. The average molecular weight is 433 g/mol. The van der Waals surface area contributed by atoms with Crippen LogP contribution in [0.5, 0.6) is 0 Å². The summed E-state index contributed by atoms with van der Waals surface area (Å²) in [6, 6.07) is 12.2. The molecular weight excluding hydrogens is 407 g/mol. The molecule has 8 heteroatoms. The first-order valence-electron chi connectivity index (χ1n) is 10.4. The molecule has 1 heterocycles. The van der Waals surface area contributed by atoms with E-state index in [0.29, 0.717) is 25.2 Å². The van der Waals surface area contributed by atoms with Gasteiger partial charge < -0.3 is 15.5 Å². The number of alkyl halides is 3. The van der Waals surface area contributed by atoms with E-state index in [1.807, 2.05) is 13.0 Å². The molecular formula is C23H26F3N3O2. The van der Waals surface area contributed by atoms with Crippen LogP contribution in [-0.2, 0) is 12.7 Å². The van der Waals surface area contributed by atoms with Crippen molar-refractivity contribution in [2.45, 2.75) is 38.4 Å². The van der Waals surface area contributed by atoms with Crippen molar-refractivity contribution in [1.29, 1.82) is 0 Å². The number of piperidine rings is 1. The first-order chi connectivity index (χ1) is 14.8. The molecule has 1 saturated heterocycles. The SMILES string of the molecule is CCNC(=O)N1CCC[C@@H](c2cccc(C(=O)NCc3ccccc3C(F)(F)F)c2)C1. The van der Waals surface area contributed by atoms with Gasteiger partial charge in [-0.25, -0.2) is 4.79 Å². The van der Waals surface area contributed by atoms with Crippen LogP contribution in [0.25, 0.3) is 0 Å². The Morgan fingerprint density at radius 3 is 2.61 bits per heavy atom. The Balaban J connectivity index is 1.68. The molecule has 0 spiro atoms. The van der Waals surface area contributed by atoms with E-state index in [4.69, 9.17) is 0 Å². The molecule has 0 aliphatic carbocycles. The van der Waals surface area contributed by atoms with Crippen molar-refractivity contribution < 1.29 is 22.8 Å². The molecule has 31 heavy (non-hydrogen) atoms. The minimum atomic E-state index is -4.47. The highest BCUT2D eigenvalue weighted by Crippen LogP contribution is 2.32. The normalized spacial score (nSPS) is 16.6. The van der Waals surface area contributed by atoms with Crippen molar-refractivity contribution in [2.24, 2.45) is 0 Å². The molecule has 5 nitrogen and oxygen atoms in total. The second-order valence-corrected chi connectivity index (χ2v) is 7.58. The van der Waals surface area contributed by atoms with Crippen LogP contribution in [0.2, 0.25) is 0 Å². The van der Waals surface area contributed by atoms with E-state index in [1.54, 1.807) is 23.1 Å². The zero-order chi connectivity index (χ0) is 22.4. The summed E-state index contributed by atoms with van der Waals surface area (Å²) in [5.41, 5.74) is 0.593. The fourth-order valence-electron chi connectivity index (χ4n) is 3.86. The van der Waals surface area contributed by atoms with Gasteiger partial charge in [0.25, 0.3) is 5.91 Å². The summed E-state index contributed by atoms with van der Waals surface area (Å²) in [5, 5.41) is 5.40. The number of halogens is 3. The number of carbonyl (C=O) groups is 2. The lowest BCUT2D eigenvalue weighted by atomic mass is 9.89. The van der Waals surface area contributed by atoms with Crippen molar-refractivity contribution in [2.75, 3.05) is 19.6 Å². The Kier molecular flexibility index (Phi) is 7.20. The molecule has 0 unspecified atom stereocenters. The maximum absolute atomic E-state index is 13.1. The summed E-state index contributed by atoms with van der Waals surface area (Å²) < 4.78 is 39.4. The molecule has 1 aliphatic rings. The molecule has 2 aromatic carbocycles. The first-order valence-corrected chi connectivity index (χ1v) is 10.4. The van der Waals surface area contributed by atoms with Crippen molar-refractivity contribution in [1.82, 2.24) is 15.5 Å². The predicted octanol–water partition coefficient (Wildman–Crippen LogP) is 4.54. The summed E-state index contributed by atoms with van der Waals surface area (Å²) in [6.07, 6.45) is -2.70. The van der Waals surface area contributed by atoms with E-state index < -0.39 is 17.6 Å². The Morgan fingerprint density at radius 1 is 1.10 bits per heavy atom. The summed E-state index contributed by atoms with van der Waals surface area (Å²) in [6.45, 7) is 3.48. The lowest BCUT2D eigenvalue weighted by molar-refractivity contribution is -0.138. The Morgan fingerprint density at radius 2 is 1.87 bits per heavy atom. The monoisotopic (exact) mass is 433 g/mol. The third kappa shape index (κ3) is 5.77. The van der Waals surface area contributed by atoms with Gasteiger partial charge in [-0.2, -0.15) is 13.2 Å². The highest BCUT2D eigenvalue weighted by atomic mass is 19.4. The quantitative estimate of drug-likeness (QED) is 0.727. The maximum atomic E-state index is 13.1. The van der Waals surface area contributed by atoms with Crippen LogP contribution in [0.15, 0.2) is 48.5 Å². The van der Waals surface area contributed by atoms with Crippen LogP contribution >= 0.6 is 0 Å². The second kappa shape index (κ2) is 9.85. The van der Waals surface area contributed by atoms with E-state index in [2.05, 4.69) is 10.6 Å². The molecule has 2 aromatic rings. The smallest absolute Gasteiger partial charge is 0.348 e. The van der Waals surface area contributed by atoms with Crippen molar-refractivity contribution >= 4 is 11.9 Å². The van der Waals surface area contributed by atoms with Crippen LogP contribution < -0.4 is 10.6 Å². The lowest BCUT2D eigenvalue weighted by Gasteiger charge is -2.33. The summed E-state index contributed by atoms with van der Waals surface area (Å²) in [4.78, 5) is 26.5. The molecule has 1 atom stereocenters. The van der Waals surface area contributed by atoms with Gasteiger partial charge in [-0.15, -0.1) is 0 Å². The van der Waals surface area contributed by atoms with Gasteiger partial charge in [0.1, 0.15) is 0 Å². The highest BCUT2D eigenvalue weighted by Gasteiger charge is 2.33. The largest absolute Gasteiger partial charge is 0.416 e. The fraction of sp³-hybridized carbons (Fsp3) is 0.391. The topological polar surface area (TPSA) is 61.4 Å².